The van der Waals surface area contributed by atoms with Gasteiger partial charge in [-0.25, -0.2) is 8.42 Å². The van der Waals surface area contributed by atoms with Gasteiger partial charge in [0.1, 0.15) is 0 Å². The Hall–Kier alpha value is -1.05. The molecule has 0 spiro atoms. The van der Waals surface area contributed by atoms with E-state index in [9.17, 15) is 8.42 Å². The zero-order chi connectivity index (χ0) is 12.2. The standard InChI is InChI=1S/C11H12ClNO2S/c1-2-16(14,15)11-6-4-3-5-10(11)9(7-12)8-13/h3-6,9H,2,7H2,1H3. The molecular formula is C11H12ClNO2S. The van der Waals surface area contributed by atoms with Crippen LogP contribution in [-0.2, 0) is 9.84 Å². The highest BCUT2D eigenvalue weighted by Crippen LogP contribution is 2.25. The molecule has 0 heterocycles. The van der Waals surface area contributed by atoms with Crippen LogP contribution >= 0.6 is 11.6 Å². The summed E-state index contributed by atoms with van der Waals surface area (Å²) < 4.78 is 23.6. The Labute approximate surface area is 101 Å². The van der Waals surface area contributed by atoms with E-state index in [0.717, 1.165) is 0 Å². The molecule has 86 valence electrons. The summed E-state index contributed by atoms with van der Waals surface area (Å²) in [6.07, 6.45) is 0. The molecule has 5 heteroatoms. The van der Waals surface area contributed by atoms with Gasteiger partial charge in [-0.2, -0.15) is 5.26 Å². The van der Waals surface area contributed by atoms with Crippen LogP contribution in [0.1, 0.15) is 18.4 Å². The lowest BCUT2D eigenvalue weighted by atomic mass is 10.0. The first-order valence-corrected chi connectivity index (χ1v) is 7.02. The van der Waals surface area contributed by atoms with E-state index in [0.29, 0.717) is 5.56 Å². The molecule has 0 amide bonds. The topological polar surface area (TPSA) is 57.9 Å². The van der Waals surface area contributed by atoms with Crippen molar-refractivity contribution in [1.29, 1.82) is 5.26 Å². The molecule has 0 saturated carbocycles. The molecular weight excluding hydrogens is 246 g/mol. The Morgan fingerprint density at radius 2 is 2.06 bits per heavy atom. The van der Waals surface area contributed by atoms with Gasteiger partial charge in [0.2, 0.25) is 0 Å². The van der Waals surface area contributed by atoms with E-state index < -0.39 is 15.8 Å². The highest BCUT2D eigenvalue weighted by molar-refractivity contribution is 7.91. The molecule has 1 unspecified atom stereocenters. The lowest BCUT2D eigenvalue weighted by Gasteiger charge is -2.11. The summed E-state index contributed by atoms with van der Waals surface area (Å²) in [5.74, 6) is -0.476. The molecule has 0 radical (unpaired) electrons. The van der Waals surface area contributed by atoms with Gasteiger partial charge >= 0.3 is 0 Å². The average Bonchev–Trinajstić information content (AvgIpc) is 2.31. The van der Waals surface area contributed by atoms with Gasteiger partial charge in [0.15, 0.2) is 9.84 Å². The molecule has 3 nitrogen and oxygen atoms in total. The van der Waals surface area contributed by atoms with Gasteiger partial charge in [-0.05, 0) is 11.6 Å². The van der Waals surface area contributed by atoms with Crippen LogP contribution in [0, 0.1) is 11.3 Å². The number of alkyl halides is 1. The van der Waals surface area contributed by atoms with Crippen LogP contribution in [0.15, 0.2) is 29.2 Å². The first-order chi connectivity index (χ1) is 7.56. The third-order valence-corrected chi connectivity index (χ3v) is 4.43. The van der Waals surface area contributed by atoms with Crippen LogP contribution in [-0.4, -0.2) is 20.1 Å². The third-order valence-electron chi connectivity index (χ3n) is 2.32. The van der Waals surface area contributed by atoms with Crippen LogP contribution in [0.5, 0.6) is 0 Å². The highest BCUT2D eigenvalue weighted by atomic mass is 35.5. The second kappa shape index (κ2) is 5.33. The van der Waals surface area contributed by atoms with Gasteiger partial charge in [0.25, 0.3) is 0 Å². The minimum atomic E-state index is -3.30. The van der Waals surface area contributed by atoms with Crippen molar-refractivity contribution < 1.29 is 8.42 Å². The summed E-state index contributed by atoms with van der Waals surface area (Å²) in [5, 5.41) is 8.91. The van der Waals surface area contributed by atoms with Crippen molar-refractivity contribution in [3.05, 3.63) is 29.8 Å². The van der Waals surface area contributed by atoms with Gasteiger partial charge in [-0.1, -0.05) is 25.1 Å². The normalized spacial score (nSPS) is 13.1. The summed E-state index contributed by atoms with van der Waals surface area (Å²) in [4.78, 5) is 0.213. The number of nitrogens with zero attached hydrogens (tertiary/aromatic N) is 1. The zero-order valence-electron chi connectivity index (χ0n) is 8.85. The van der Waals surface area contributed by atoms with Gasteiger partial charge < -0.3 is 0 Å². The molecule has 1 aromatic rings. The average molecular weight is 258 g/mol. The minimum absolute atomic E-state index is 0.0183. The molecule has 1 aromatic carbocycles. The molecule has 0 aliphatic heterocycles. The van der Waals surface area contributed by atoms with Crippen LogP contribution in [0.25, 0.3) is 0 Å². The minimum Gasteiger partial charge on any atom is -0.224 e. The van der Waals surface area contributed by atoms with Crippen LogP contribution < -0.4 is 0 Å². The fourth-order valence-electron chi connectivity index (χ4n) is 1.39. The molecule has 0 aliphatic rings. The Morgan fingerprint density at radius 3 is 2.56 bits per heavy atom. The van der Waals surface area contributed by atoms with Crippen molar-refractivity contribution >= 4 is 21.4 Å². The molecule has 0 saturated heterocycles. The van der Waals surface area contributed by atoms with Crippen molar-refractivity contribution in [2.75, 3.05) is 11.6 Å². The quantitative estimate of drug-likeness (QED) is 0.778. The first-order valence-electron chi connectivity index (χ1n) is 4.84. The van der Waals surface area contributed by atoms with Gasteiger partial charge in [0.05, 0.1) is 22.6 Å². The molecule has 0 aromatic heterocycles. The van der Waals surface area contributed by atoms with Gasteiger partial charge in [0, 0.05) is 5.88 Å². The Balaban J connectivity index is 3.38. The summed E-state index contributed by atoms with van der Waals surface area (Å²) in [6.45, 7) is 1.58. The molecule has 1 rings (SSSR count). The number of hydrogen-bond donors (Lipinski definition) is 0. The lowest BCUT2D eigenvalue weighted by molar-refractivity contribution is 0.596. The Morgan fingerprint density at radius 1 is 1.44 bits per heavy atom. The maximum Gasteiger partial charge on any atom is 0.178 e. The van der Waals surface area contributed by atoms with Crippen molar-refractivity contribution in [3.63, 3.8) is 0 Å². The first kappa shape index (κ1) is 13.0. The predicted molar refractivity (Wildman–Crippen MR) is 63.2 cm³/mol. The third kappa shape index (κ3) is 2.55. The SMILES string of the molecule is CCS(=O)(=O)c1ccccc1C(C#N)CCl. The maximum atomic E-state index is 11.8. The Kier molecular flexibility index (Phi) is 4.34. The van der Waals surface area contributed by atoms with Gasteiger partial charge in [-0.15, -0.1) is 11.6 Å². The number of hydrogen-bond acceptors (Lipinski definition) is 3. The number of sulfone groups is 1. The lowest BCUT2D eigenvalue weighted by Crippen LogP contribution is -2.10. The molecule has 16 heavy (non-hydrogen) atoms. The summed E-state index contributed by atoms with van der Waals surface area (Å²) in [5.41, 5.74) is 0.488. The number of benzene rings is 1. The van der Waals surface area contributed by atoms with E-state index in [1.807, 2.05) is 6.07 Å². The van der Waals surface area contributed by atoms with E-state index >= 15 is 0 Å². The van der Waals surface area contributed by atoms with E-state index in [4.69, 9.17) is 16.9 Å². The summed E-state index contributed by atoms with van der Waals surface area (Å²) in [7, 11) is -3.30. The van der Waals surface area contributed by atoms with Crippen molar-refractivity contribution in [3.8, 4) is 6.07 Å². The predicted octanol–water partition coefficient (Wildman–Crippen LogP) is 2.33. The molecule has 0 N–H and O–H groups in total. The smallest absolute Gasteiger partial charge is 0.178 e. The Bertz CT molecular complexity index is 505. The van der Waals surface area contributed by atoms with Gasteiger partial charge in [-0.3, -0.25) is 0 Å². The summed E-state index contributed by atoms with van der Waals surface area (Å²) in [6, 6.07) is 8.52. The molecule has 0 aliphatic carbocycles. The maximum absolute atomic E-state index is 11.8. The largest absolute Gasteiger partial charge is 0.224 e. The zero-order valence-corrected chi connectivity index (χ0v) is 10.4. The number of halogens is 1. The van der Waals surface area contributed by atoms with E-state index in [-0.39, 0.29) is 16.5 Å². The van der Waals surface area contributed by atoms with Crippen LogP contribution in [0.2, 0.25) is 0 Å². The van der Waals surface area contributed by atoms with Crippen molar-refractivity contribution in [2.24, 2.45) is 0 Å². The van der Waals surface area contributed by atoms with E-state index in [2.05, 4.69) is 0 Å². The van der Waals surface area contributed by atoms with E-state index in [1.54, 1.807) is 25.1 Å². The van der Waals surface area contributed by atoms with Crippen LogP contribution in [0.3, 0.4) is 0 Å². The second-order valence-electron chi connectivity index (χ2n) is 3.28. The second-order valence-corrected chi connectivity index (χ2v) is 5.83. The monoisotopic (exact) mass is 257 g/mol. The highest BCUT2D eigenvalue weighted by Gasteiger charge is 2.21. The fraction of sp³-hybridized carbons (Fsp3) is 0.364. The van der Waals surface area contributed by atoms with Crippen molar-refractivity contribution in [2.45, 2.75) is 17.7 Å². The van der Waals surface area contributed by atoms with Crippen LogP contribution in [0.4, 0.5) is 0 Å². The molecule has 0 fully saturated rings. The molecule has 0 bridgehead atoms. The van der Waals surface area contributed by atoms with Crippen molar-refractivity contribution in [1.82, 2.24) is 0 Å². The number of rotatable bonds is 4. The molecule has 1 atom stereocenters. The number of nitriles is 1. The van der Waals surface area contributed by atoms with E-state index in [1.165, 1.54) is 6.07 Å². The summed E-state index contributed by atoms with van der Waals surface area (Å²) >= 11 is 5.65. The fourth-order valence-corrected chi connectivity index (χ4v) is 2.80.